The maximum absolute atomic E-state index is 10.5. The van der Waals surface area contributed by atoms with Crippen molar-refractivity contribution in [1.82, 2.24) is 0 Å². The van der Waals surface area contributed by atoms with Crippen molar-refractivity contribution in [2.75, 3.05) is 11.5 Å². The van der Waals surface area contributed by atoms with E-state index < -0.39 is 9.05 Å². The van der Waals surface area contributed by atoms with Crippen molar-refractivity contribution in [2.45, 2.75) is 12.8 Å². The first kappa shape index (κ1) is 12.4. The summed E-state index contributed by atoms with van der Waals surface area (Å²) in [6.07, 6.45) is 1.51. The number of anilines is 1. The Bertz CT molecular complexity index is 431. The summed E-state index contributed by atoms with van der Waals surface area (Å²) in [5.74, 6) is 0.445. The topological polar surface area (TPSA) is 83.6 Å². The third kappa shape index (κ3) is 5.68. The Hall–Kier alpha value is -0.690. The maximum Gasteiger partial charge on any atom is 0.430 e. The molecule has 1 aromatic rings. The van der Waals surface area contributed by atoms with Gasteiger partial charge in [0.15, 0.2) is 5.75 Å². The third-order valence-electron chi connectivity index (χ3n) is 1.80. The largest absolute Gasteiger partial charge is 0.430 e. The van der Waals surface area contributed by atoms with Crippen molar-refractivity contribution in [2.24, 2.45) is 0 Å². The Morgan fingerprint density at radius 3 is 2.73 bits per heavy atom. The van der Waals surface area contributed by atoms with Crippen LogP contribution in [-0.2, 0) is 25.8 Å². The predicted molar refractivity (Wildman–Crippen MR) is 64.8 cm³/mol. The van der Waals surface area contributed by atoms with Crippen molar-refractivity contribution >= 4 is 25.1 Å². The van der Waals surface area contributed by atoms with Crippen molar-refractivity contribution in [3.63, 3.8) is 0 Å². The van der Waals surface area contributed by atoms with Crippen molar-refractivity contribution in [3.8, 4) is 0 Å². The molecule has 0 spiro atoms. The minimum Gasteiger partial charge on any atom is -0.399 e. The first-order chi connectivity index (χ1) is 6.97. The van der Waals surface area contributed by atoms with E-state index in [1.165, 1.54) is 0 Å². The highest BCUT2D eigenvalue weighted by molar-refractivity contribution is 8.34. The molecule has 0 aliphatic heterocycles. The normalized spacial score (nSPS) is 11.3. The Kier molecular flexibility index (Phi) is 4.46. The van der Waals surface area contributed by atoms with Crippen molar-refractivity contribution in [3.05, 3.63) is 29.8 Å². The second-order valence-electron chi connectivity index (χ2n) is 3.12. The minimum atomic E-state index is -3.64. The van der Waals surface area contributed by atoms with E-state index in [2.05, 4.69) is 0 Å². The third-order valence-corrected chi connectivity index (χ3v) is 3.98. The lowest BCUT2D eigenvalue weighted by Gasteiger charge is -1.98. The van der Waals surface area contributed by atoms with Gasteiger partial charge in [-0.1, -0.05) is 12.1 Å². The fraction of sp³-hybridized carbons (Fsp3) is 0.333. The van der Waals surface area contributed by atoms with Gasteiger partial charge in [-0.25, -0.2) is 0 Å². The SMILES string of the molecule is Nc1cccc(CCC[S+]=S(=O)(O)O)c1. The molecule has 0 amide bonds. The van der Waals surface area contributed by atoms with Gasteiger partial charge in [-0.05, 0) is 24.1 Å². The standard InChI is InChI=1S/C9H13NO3S2/c10-9-5-1-3-8(7-9)4-2-6-14-15(11,12)13/h1,3,5,7H,2,4,6,10H2,(H-,11,12,13)/p+1. The molecule has 0 heterocycles. The summed E-state index contributed by atoms with van der Waals surface area (Å²) < 4.78 is 27.7. The van der Waals surface area contributed by atoms with Crippen LogP contribution in [0.5, 0.6) is 0 Å². The maximum atomic E-state index is 10.5. The Morgan fingerprint density at radius 2 is 2.13 bits per heavy atom. The summed E-state index contributed by atoms with van der Waals surface area (Å²) >= 11 is 0. The van der Waals surface area contributed by atoms with Crippen LogP contribution in [0.25, 0.3) is 0 Å². The van der Waals surface area contributed by atoms with Crippen LogP contribution in [-0.4, -0.2) is 19.1 Å². The molecule has 0 saturated heterocycles. The number of hydrogen-bond acceptors (Lipinski definition) is 2. The molecule has 4 N–H and O–H groups in total. The highest BCUT2D eigenvalue weighted by Gasteiger charge is 2.08. The van der Waals surface area contributed by atoms with Crippen molar-refractivity contribution < 1.29 is 13.3 Å². The molecule has 0 aromatic heterocycles. The van der Waals surface area contributed by atoms with E-state index in [0.717, 1.165) is 18.4 Å². The lowest BCUT2D eigenvalue weighted by molar-refractivity contribution is 0.450. The van der Waals surface area contributed by atoms with Crippen LogP contribution in [0, 0.1) is 0 Å². The molecule has 0 atom stereocenters. The number of aryl methyl sites for hydroxylation is 1. The second kappa shape index (κ2) is 5.41. The van der Waals surface area contributed by atoms with Crippen LogP contribution in [0.3, 0.4) is 0 Å². The van der Waals surface area contributed by atoms with E-state index in [4.69, 9.17) is 14.8 Å². The molecule has 4 nitrogen and oxygen atoms in total. The summed E-state index contributed by atoms with van der Waals surface area (Å²) in [6, 6.07) is 7.52. The van der Waals surface area contributed by atoms with E-state index >= 15 is 0 Å². The minimum absolute atomic E-state index is 0.445. The second-order valence-corrected chi connectivity index (χ2v) is 6.67. The highest BCUT2D eigenvalue weighted by atomic mass is 32.9. The molecule has 0 unspecified atom stereocenters. The van der Waals surface area contributed by atoms with Gasteiger partial charge in [0.2, 0.25) is 0 Å². The summed E-state index contributed by atoms with van der Waals surface area (Å²) in [6.45, 7) is 0. The zero-order valence-electron chi connectivity index (χ0n) is 8.13. The Labute approximate surface area is 92.8 Å². The van der Waals surface area contributed by atoms with Gasteiger partial charge in [0.05, 0.1) is 0 Å². The van der Waals surface area contributed by atoms with Crippen LogP contribution in [0.15, 0.2) is 24.3 Å². The monoisotopic (exact) mass is 248 g/mol. The molecule has 0 aliphatic carbocycles. The smallest absolute Gasteiger partial charge is 0.399 e. The Balaban J connectivity index is 2.42. The molecular formula is C9H14NO3S2+. The van der Waals surface area contributed by atoms with E-state index in [9.17, 15) is 4.21 Å². The molecule has 6 heteroatoms. The molecule has 0 bridgehead atoms. The lowest BCUT2D eigenvalue weighted by atomic mass is 10.1. The fourth-order valence-electron chi connectivity index (χ4n) is 1.19. The number of nitrogens with two attached hydrogens (primary N) is 1. The van der Waals surface area contributed by atoms with Crippen molar-refractivity contribution in [1.29, 1.82) is 0 Å². The lowest BCUT2D eigenvalue weighted by Crippen LogP contribution is -1.99. The summed E-state index contributed by atoms with van der Waals surface area (Å²) in [5.41, 5.74) is 7.41. The van der Waals surface area contributed by atoms with E-state index in [1.807, 2.05) is 24.3 Å². The molecule has 15 heavy (non-hydrogen) atoms. The number of benzene rings is 1. The van der Waals surface area contributed by atoms with E-state index in [0.29, 0.717) is 21.8 Å². The van der Waals surface area contributed by atoms with Gasteiger partial charge in [-0.3, -0.25) is 9.11 Å². The highest BCUT2D eigenvalue weighted by Crippen LogP contribution is 2.08. The van der Waals surface area contributed by atoms with Gasteiger partial charge in [0.1, 0.15) is 0 Å². The summed E-state index contributed by atoms with van der Waals surface area (Å²) in [4.78, 5) is 0. The summed E-state index contributed by atoms with van der Waals surface area (Å²) in [5, 5.41) is 0. The number of rotatable bonds is 4. The van der Waals surface area contributed by atoms with Gasteiger partial charge in [0, 0.05) is 12.1 Å². The average Bonchev–Trinajstić information content (AvgIpc) is 2.11. The summed E-state index contributed by atoms with van der Waals surface area (Å²) in [7, 11) is -2.98. The first-order valence-corrected chi connectivity index (χ1v) is 7.43. The van der Waals surface area contributed by atoms with Crippen LogP contribution in [0.1, 0.15) is 12.0 Å². The molecular weight excluding hydrogens is 234 g/mol. The number of hydrogen-bond donors (Lipinski definition) is 3. The average molecular weight is 248 g/mol. The molecule has 0 saturated carbocycles. The Morgan fingerprint density at radius 1 is 1.40 bits per heavy atom. The van der Waals surface area contributed by atoms with Crippen LogP contribution < -0.4 is 5.73 Å². The van der Waals surface area contributed by atoms with Gasteiger partial charge in [0.25, 0.3) is 10.3 Å². The fourth-order valence-corrected chi connectivity index (χ4v) is 2.68. The van der Waals surface area contributed by atoms with Crippen LogP contribution in [0.4, 0.5) is 5.69 Å². The quantitative estimate of drug-likeness (QED) is 0.427. The van der Waals surface area contributed by atoms with E-state index in [-0.39, 0.29) is 0 Å². The van der Waals surface area contributed by atoms with E-state index in [1.54, 1.807) is 0 Å². The zero-order chi connectivity index (χ0) is 11.3. The molecule has 0 fully saturated rings. The molecule has 1 rings (SSSR count). The van der Waals surface area contributed by atoms with Crippen LogP contribution >= 0.6 is 0 Å². The van der Waals surface area contributed by atoms with Crippen LogP contribution in [0.2, 0.25) is 0 Å². The first-order valence-electron chi connectivity index (χ1n) is 4.45. The van der Waals surface area contributed by atoms with Gasteiger partial charge in [-0.15, -0.1) is 0 Å². The molecule has 84 valence electrons. The molecule has 0 radical (unpaired) electrons. The predicted octanol–water partition coefficient (Wildman–Crippen LogP) is 1.43. The zero-order valence-corrected chi connectivity index (χ0v) is 9.76. The molecule has 0 aliphatic rings. The molecule has 1 aromatic carbocycles. The van der Waals surface area contributed by atoms with Gasteiger partial charge in [-0.2, -0.15) is 4.21 Å². The van der Waals surface area contributed by atoms with Gasteiger partial charge < -0.3 is 5.73 Å². The van der Waals surface area contributed by atoms with Gasteiger partial charge >= 0.3 is 9.05 Å². The number of nitrogen functional groups attached to an aromatic ring is 1.